The molecule has 4 heterocycles. The van der Waals surface area contributed by atoms with E-state index in [0.29, 0.717) is 0 Å². The van der Waals surface area contributed by atoms with Crippen molar-refractivity contribution >= 4 is 0 Å². The van der Waals surface area contributed by atoms with Crippen LogP contribution in [0.5, 0.6) is 0 Å². The molecule has 0 amide bonds. The zero-order chi connectivity index (χ0) is 25.3. The van der Waals surface area contributed by atoms with Gasteiger partial charge in [0, 0.05) is 32.5 Å². The number of hydrogen-bond acceptors (Lipinski definition) is 2. The molecule has 4 saturated heterocycles. The summed E-state index contributed by atoms with van der Waals surface area (Å²) in [5.74, 6) is 9.36. The first-order chi connectivity index (χ1) is 17.8. The van der Waals surface area contributed by atoms with E-state index >= 15 is 0 Å². The van der Waals surface area contributed by atoms with Crippen molar-refractivity contribution < 1.29 is 0 Å². The summed E-state index contributed by atoms with van der Waals surface area (Å²) in [5, 5.41) is 0. The van der Waals surface area contributed by atoms with Gasteiger partial charge in [-0.2, -0.15) is 0 Å². The second-order valence-corrected chi connectivity index (χ2v) is 12.6. The number of piperidine rings is 2. The van der Waals surface area contributed by atoms with Gasteiger partial charge in [0.05, 0.1) is 0 Å². The van der Waals surface area contributed by atoms with E-state index in [-0.39, 0.29) is 0 Å². The van der Waals surface area contributed by atoms with Crippen LogP contribution in [0.2, 0.25) is 0 Å². The second-order valence-electron chi connectivity index (χ2n) is 12.6. The lowest BCUT2D eigenvalue weighted by atomic mass is 9.69. The third-order valence-corrected chi connectivity index (χ3v) is 9.66. The molecule has 4 aliphatic rings. The van der Waals surface area contributed by atoms with E-state index < -0.39 is 0 Å². The Kier molecular flexibility index (Phi) is 15.1. The van der Waals surface area contributed by atoms with Crippen LogP contribution in [0, 0.1) is 48.4 Å². The van der Waals surface area contributed by atoms with E-state index in [2.05, 4.69) is 21.6 Å². The lowest BCUT2D eigenvalue weighted by Gasteiger charge is -2.47. The minimum atomic E-state index is 0.911. The van der Waals surface area contributed by atoms with Crippen LogP contribution < -0.4 is 0 Å². The third kappa shape index (κ3) is 11.2. The Morgan fingerprint density at radius 1 is 0.639 bits per heavy atom. The zero-order valence-corrected chi connectivity index (χ0v) is 23.7. The van der Waals surface area contributed by atoms with Crippen LogP contribution in [0.1, 0.15) is 128 Å². The molecule has 0 radical (unpaired) electrons. The van der Waals surface area contributed by atoms with E-state index in [1.54, 1.807) is 0 Å². The maximum atomic E-state index is 5.53. The van der Waals surface area contributed by atoms with E-state index in [9.17, 15) is 0 Å². The molecule has 0 aliphatic carbocycles. The highest BCUT2D eigenvalue weighted by Gasteiger charge is 2.38. The summed E-state index contributed by atoms with van der Waals surface area (Å²) in [7, 11) is 0. The van der Waals surface area contributed by atoms with Gasteiger partial charge in [-0.05, 0) is 94.7 Å². The lowest BCUT2D eigenvalue weighted by Crippen LogP contribution is -2.49. The van der Waals surface area contributed by atoms with Gasteiger partial charge in [0.1, 0.15) is 0 Å². The molecule has 0 N–H and O–H groups in total. The Morgan fingerprint density at radius 3 is 2.11 bits per heavy atom. The fraction of sp³-hybridized carbons (Fsp3) is 0.882. The molecule has 0 aromatic carbocycles. The molecule has 0 saturated carbocycles. The molecule has 0 aromatic rings. The van der Waals surface area contributed by atoms with E-state index in [4.69, 9.17) is 12.8 Å². The summed E-state index contributed by atoms with van der Waals surface area (Å²) < 4.78 is 0. The zero-order valence-electron chi connectivity index (χ0n) is 23.7. The molecule has 204 valence electrons. The monoisotopic (exact) mass is 494 g/mol. The topological polar surface area (TPSA) is 6.48 Å². The molecule has 4 bridgehead atoms. The SMILES string of the molecule is C#CCCCCCC[C@H]1CN2CCCCCCCCCC[C@@H]3C[C@@H](CN(CCCCC#C)C3)[C@@H]1CC2. The minimum absolute atomic E-state index is 0.911. The maximum absolute atomic E-state index is 5.53. The van der Waals surface area contributed by atoms with Crippen LogP contribution in [-0.2, 0) is 0 Å². The van der Waals surface area contributed by atoms with Crippen molar-refractivity contribution in [1.82, 2.24) is 9.80 Å². The quantitative estimate of drug-likeness (QED) is 0.223. The average molecular weight is 495 g/mol. The molecule has 4 aliphatic heterocycles. The van der Waals surface area contributed by atoms with Gasteiger partial charge in [0.2, 0.25) is 0 Å². The molecule has 4 fully saturated rings. The van der Waals surface area contributed by atoms with Gasteiger partial charge in [-0.3, -0.25) is 0 Å². The summed E-state index contributed by atoms with van der Waals surface area (Å²) in [6, 6.07) is 0. The van der Waals surface area contributed by atoms with Gasteiger partial charge >= 0.3 is 0 Å². The number of rotatable bonds is 10. The predicted molar refractivity (Wildman–Crippen MR) is 157 cm³/mol. The van der Waals surface area contributed by atoms with Gasteiger partial charge in [-0.25, -0.2) is 0 Å². The third-order valence-electron chi connectivity index (χ3n) is 9.66. The van der Waals surface area contributed by atoms with Crippen molar-refractivity contribution in [2.24, 2.45) is 23.7 Å². The Morgan fingerprint density at radius 2 is 1.33 bits per heavy atom. The smallest absolute Gasteiger partial charge is 0.00865 e. The van der Waals surface area contributed by atoms with E-state index in [1.165, 1.54) is 155 Å². The summed E-state index contributed by atoms with van der Waals surface area (Å²) >= 11 is 0. The molecule has 4 rings (SSSR count). The van der Waals surface area contributed by atoms with Gasteiger partial charge in [0.15, 0.2) is 0 Å². The summed E-state index contributed by atoms with van der Waals surface area (Å²) in [6.45, 7) is 8.06. The number of unbranched alkanes of at least 4 members (excludes halogenated alkanes) is 6. The number of nitrogens with zero attached hydrogens (tertiary/aromatic N) is 2. The Balaban J connectivity index is 1.64. The maximum Gasteiger partial charge on any atom is 0.00865 e. The molecular formula is C34H58N2. The molecule has 36 heavy (non-hydrogen) atoms. The molecule has 0 aromatic heterocycles. The number of fused-ring (bicyclic) bond motifs is 11. The van der Waals surface area contributed by atoms with Crippen molar-refractivity contribution in [1.29, 1.82) is 0 Å². The van der Waals surface area contributed by atoms with Crippen LogP contribution in [-0.4, -0.2) is 49.1 Å². The fourth-order valence-electron chi connectivity index (χ4n) is 7.68. The Bertz CT molecular complexity index is 643. The average Bonchev–Trinajstić information content (AvgIpc) is 2.89. The van der Waals surface area contributed by atoms with Crippen LogP contribution >= 0.6 is 0 Å². The highest BCUT2D eigenvalue weighted by Crippen LogP contribution is 2.40. The van der Waals surface area contributed by atoms with Crippen molar-refractivity contribution in [2.75, 3.05) is 39.3 Å². The van der Waals surface area contributed by atoms with Crippen LogP contribution in [0.15, 0.2) is 0 Å². The minimum Gasteiger partial charge on any atom is -0.303 e. The van der Waals surface area contributed by atoms with Crippen LogP contribution in [0.3, 0.4) is 0 Å². The first-order valence-corrected chi connectivity index (χ1v) is 16.1. The second kappa shape index (κ2) is 18.3. The van der Waals surface area contributed by atoms with Crippen molar-refractivity contribution in [3.05, 3.63) is 0 Å². The van der Waals surface area contributed by atoms with E-state index in [0.717, 1.165) is 36.5 Å². The van der Waals surface area contributed by atoms with Crippen LogP contribution in [0.4, 0.5) is 0 Å². The molecule has 2 heteroatoms. The van der Waals surface area contributed by atoms with Crippen molar-refractivity contribution in [3.63, 3.8) is 0 Å². The highest BCUT2D eigenvalue weighted by molar-refractivity contribution is 4.91. The molecular weight excluding hydrogens is 436 g/mol. The predicted octanol–water partition coefficient (Wildman–Crippen LogP) is 8.16. The molecule has 0 spiro atoms. The number of terminal acetylenes is 2. The van der Waals surface area contributed by atoms with Crippen molar-refractivity contribution in [3.8, 4) is 24.7 Å². The first kappa shape index (κ1) is 29.6. The number of hydrogen-bond donors (Lipinski definition) is 0. The Hall–Kier alpha value is -0.960. The standard InChI is InChI=1S/C34H58N2/c1-3-5-7-9-15-18-22-32-29-35-24-20-16-13-11-10-12-14-17-21-31-27-33(34(32)23-26-35)30-36(28-31)25-19-8-6-4-2/h1-2,31-34H,5-30H2/t31-,32+,33+,34-/m1/s1. The molecule has 5 atom stereocenters. The van der Waals surface area contributed by atoms with Gasteiger partial charge in [0.25, 0.3) is 0 Å². The van der Waals surface area contributed by atoms with E-state index in [1.807, 2.05) is 0 Å². The van der Waals surface area contributed by atoms with Crippen LogP contribution in [0.25, 0.3) is 0 Å². The molecule has 1 unspecified atom stereocenters. The largest absolute Gasteiger partial charge is 0.303 e. The van der Waals surface area contributed by atoms with Gasteiger partial charge < -0.3 is 9.80 Å². The van der Waals surface area contributed by atoms with Gasteiger partial charge in [-0.15, -0.1) is 24.7 Å². The normalized spacial score (nSPS) is 30.8. The van der Waals surface area contributed by atoms with Crippen molar-refractivity contribution in [2.45, 2.75) is 128 Å². The summed E-state index contributed by atoms with van der Waals surface area (Å²) in [4.78, 5) is 5.72. The number of likely N-dealkylation sites (tertiary alicyclic amines) is 1. The fourth-order valence-corrected chi connectivity index (χ4v) is 7.68. The summed E-state index contributed by atoms with van der Waals surface area (Å²) in [6.07, 6.45) is 38.2. The van der Waals surface area contributed by atoms with Gasteiger partial charge in [-0.1, -0.05) is 64.2 Å². The summed E-state index contributed by atoms with van der Waals surface area (Å²) in [5.41, 5.74) is 0. The molecule has 2 nitrogen and oxygen atoms in total. The highest BCUT2D eigenvalue weighted by atomic mass is 15.1. The lowest BCUT2D eigenvalue weighted by molar-refractivity contribution is 0.0185. The Labute approximate surface area is 225 Å². The first-order valence-electron chi connectivity index (χ1n) is 16.1.